The topological polar surface area (TPSA) is 61.1 Å². The highest BCUT2D eigenvalue weighted by molar-refractivity contribution is 5.93. The van der Waals surface area contributed by atoms with Crippen molar-refractivity contribution in [2.24, 2.45) is 23.2 Å². The van der Waals surface area contributed by atoms with Crippen molar-refractivity contribution in [3.63, 3.8) is 0 Å². The fraction of sp³-hybridized carbons (Fsp3) is 0.619. The maximum atomic E-state index is 11.7. The zero-order valence-corrected chi connectivity index (χ0v) is 14.5. The number of carbonyl (C=O) groups is 1. The average Bonchev–Trinajstić information content (AvgIpc) is 2.75. The molecule has 0 spiro atoms. The van der Waals surface area contributed by atoms with E-state index in [2.05, 4.69) is 32.1 Å². The summed E-state index contributed by atoms with van der Waals surface area (Å²) < 4.78 is 0. The van der Waals surface area contributed by atoms with Crippen LogP contribution in [0.4, 0.5) is 0 Å². The summed E-state index contributed by atoms with van der Waals surface area (Å²) >= 11 is 0. The second-order valence-electron chi connectivity index (χ2n) is 8.33. The molecule has 0 saturated heterocycles. The Morgan fingerprint density at radius 1 is 1.38 bits per heavy atom. The molecule has 0 aromatic rings. The van der Waals surface area contributed by atoms with Gasteiger partial charge in [-0.2, -0.15) is 5.26 Å². The number of fused-ring (bicyclic) bond motifs is 4. The van der Waals surface area contributed by atoms with Crippen LogP contribution in [-0.2, 0) is 4.79 Å². The first-order valence-corrected chi connectivity index (χ1v) is 9.16. The van der Waals surface area contributed by atoms with Gasteiger partial charge >= 0.3 is 0 Å². The van der Waals surface area contributed by atoms with Crippen LogP contribution < -0.4 is 0 Å². The average molecular weight is 323 g/mol. The first kappa shape index (κ1) is 15.8. The third-order valence-corrected chi connectivity index (χ3v) is 7.39. The highest BCUT2D eigenvalue weighted by Gasteiger charge is 2.62. The van der Waals surface area contributed by atoms with E-state index in [0.717, 1.165) is 25.7 Å². The third kappa shape index (κ3) is 1.90. The molecule has 4 aliphatic carbocycles. The first-order valence-electron chi connectivity index (χ1n) is 9.16. The summed E-state index contributed by atoms with van der Waals surface area (Å²) in [6.45, 7) is 4.24. The van der Waals surface area contributed by atoms with E-state index in [9.17, 15) is 15.2 Å². The monoisotopic (exact) mass is 323 g/mol. The fourth-order valence-electron chi connectivity index (χ4n) is 5.92. The van der Waals surface area contributed by atoms with Crippen molar-refractivity contribution in [2.45, 2.75) is 58.0 Å². The van der Waals surface area contributed by atoms with Gasteiger partial charge in [-0.15, -0.1) is 0 Å². The quantitative estimate of drug-likeness (QED) is 0.797. The smallest absolute Gasteiger partial charge is 0.156 e. The Bertz CT molecular complexity index is 737. The van der Waals surface area contributed by atoms with Crippen LogP contribution in [0.2, 0.25) is 0 Å². The van der Waals surface area contributed by atoms with Crippen LogP contribution in [0.1, 0.15) is 52.4 Å². The molecule has 4 rings (SSSR count). The fourth-order valence-corrected chi connectivity index (χ4v) is 5.92. The molecule has 0 aromatic heterocycles. The molecule has 0 bridgehead atoms. The molecule has 1 N–H and O–H groups in total. The molecule has 5 atom stereocenters. The molecular formula is C21H25NO2. The zero-order chi connectivity index (χ0) is 17.1. The van der Waals surface area contributed by atoms with E-state index in [1.807, 2.05) is 6.08 Å². The van der Waals surface area contributed by atoms with E-state index >= 15 is 0 Å². The number of ketones is 1. The van der Waals surface area contributed by atoms with Gasteiger partial charge in [0.2, 0.25) is 0 Å². The van der Waals surface area contributed by atoms with E-state index in [4.69, 9.17) is 0 Å². The van der Waals surface area contributed by atoms with E-state index in [-0.39, 0.29) is 23.5 Å². The minimum Gasteiger partial charge on any atom is -0.388 e. The van der Waals surface area contributed by atoms with Gasteiger partial charge in [0.05, 0.1) is 18.1 Å². The van der Waals surface area contributed by atoms with Crippen molar-refractivity contribution in [2.75, 3.05) is 0 Å². The summed E-state index contributed by atoms with van der Waals surface area (Å²) in [5.74, 6) is 1.23. The Labute approximate surface area is 143 Å². The van der Waals surface area contributed by atoms with E-state index < -0.39 is 5.60 Å². The van der Waals surface area contributed by atoms with Gasteiger partial charge in [0, 0.05) is 11.8 Å². The van der Waals surface area contributed by atoms with Crippen LogP contribution in [0.15, 0.2) is 34.9 Å². The predicted octanol–water partition coefficient (Wildman–Crippen LogP) is 3.86. The minimum atomic E-state index is -0.933. The van der Waals surface area contributed by atoms with Gasteiger partial charge < -0.3 is 5.11 Å². The van der Waals surface area contributed by atoms with Crippen LogP contribution in [-0.4, -0.2) is 16.5 Å². The molecule has 24 heavy (non-hydrogen) atoms. The molecule has 0 amide bonds. The van der Waals surface area contributed by atoms with Crippen molar-refractivity contribution >= 4 is 5.78 Å². The minimum absolute atomic E-state index is 0.131. The summed E-state index contributed by atoms with van der Waals surface area (Å²) in [7, 11) is 0. The molecule has 3 nitrogen and oxygen atoms in total. The molecule has 3 heteroatoms. The lowest BCUT2D eigenvalue weighted by Crippen LogP contribution is -2.49. The first-order chi connectivity index (χ1) is 11.4. The number of hydrogen-bond acceptors (Lipinski definition) is 3. The van der Waals surface area contributed by atoms with Gasteiger partial charge in [-0.05, 0) is 66.2 Å². The lowest BCUT2D eigenvalue weighted by molar-refractivity contribution is -0.114. The summed E-state index contributed by atoms with van der Waals surface area (Å²) in [5, 5.41) is 20.6. The van der Waals surface area contributed by atoms with E-state index in [1.165, 1.54) is 16.7 Å². The normalized spacial score (nSPS) is 43.7. The molecule has 0 radical (unpaired) electrons. The Hall–Kier alpha value is -1.66. The Morgan fingerprint density at radius 2 is 2.17 bits per heavy atom. The number of allylic oxidation sites excluding steroid dienone is 5. The van der Waals surface area contributed by atoms with Gasteiger partial charge in [0.15, 0.2) is 5.78 Å². The van der Waals surface area contributed by atoms with Gasteiger partial charge in [-0.3, -0.25) is 4.79 Å². The highest BCUT2D eigenvalue weighted by Crippen LogP contribution is 2.63. The molecular weight excluding hydrogens is 298 g/mol. The Balaban J connectivity index is 1.82. The van der Waals surface area contributed by atoms with Crippen molar-refractivity contribution in [1.29, 1.82) is 5.26 Å². The maximum Gasteiger partial charge on any atom is 0.156 e. The van der Waals surface area contributed by atoms with Crippen LogP contribution in [0.25, 0.3) is 0 Å². The second kappa shape index (κ2) is 5.17. The van der Waals surface area contributed by atoms with Crippen molar-refractivity contribution in [1.82, 2.24) is 0 Å². The maximum absolute atomic E-state index is 11.7. The van der Waals surface area contributed by atoms with Gasteiger partial charge in [-0.25, -0.2) is 0 Å². The second-order valence-corrected chi connectivity index (χ2v) is 8.33. The third-order valence-electron chi connectivity index (χ3n) is 7.39. The molecule has 0 aromatic carbocycles. The number of aliphatic hydroxyl groups is 1. The van der Waals surface area contributed by atoms with Crippen LogP contribution >= 0.6 is 0 Å². The van der Waals surface area contributed by atoms with Crippen LogP contribution in [0, 0.1) is 34.5 Å². The summed E-state index contributed by atoms with van der Waals surface area (Å²) in [5.41, 5.74) is 2.76. The highest BCUT2D eigenvalue weighted by atomic mass is 16.3. The lowest BCUT2D eigenvalue weighted by Gasteiger charge is -2.48. The SMILES string of the molecule is CC1C[C@H]2[C@@H]3CCC4=CC(=O)CCC4=C3C=C[C@]2(C)[C@]1(O)CC#N. The lowest BCUT2D eigenvalue weighted by atomic mass is 9.57. The molecule has 1 saturated carbocycles. The van der Waals surface area contributed by atoms with Crippen molar-refractivity contribution < 1.29 is 9.90 Å². The number of carbonyl (C=O) groups excluding carboxylic acids is 1. The molecule has 4 aliphatic rings. The number of rotatable bonds is 1. The summed E-state index contributed by atoms with van der Waals surface area (Å²) in [6, 6.07) is 2.22. The van der Waals surface area contributed by atoms with Gasteiger partial charge in [-0.1, -0.05) is 26.0 Å². The van der Waals surface area contributed by atoms with Crippen LogP contribution in [0.5, 0.6) is 0 Å². The molecule has 1 fully saturated rings. The number of nitrogens with zero attached hydrogens (tertiary/aromatic N) is 1. The zero-order valence-electron chi connectivity index (χ0n) is 14.5. The molecule has 0 aliphatic heterocycles. The number of hydrogen-bond donors (Lipinski definition) is 1. The van der Waals surface area contributed by atoms with Gasteiger partial charge in [0.25, 0.3) is 0 Å². The summed E-state index contributed by atoms with van der Waals surface area (Å²) in [4.78, 5) is 11.7. The molecule has 0 heterocycles. The Morgan fingerprint density at radius 3 is 2.92 bits per heavy atom. The predicted molar refractivity (Wildman–Crippen MR) is 91.8 cm³/mol. The standard InChI is InChI=1S/C21H25NO2/c1-13-11-19-18-5-3-14-12-15(23)4-6-16(14)17(18)7-8-20(19,2)21(13,24)9-10-22/h7-8,12-13,18-19,24H,3-6,9,11H2,1-2H3/t13?,18-,19+,20+,21+/m1/s1. The molecule has 1 unspecified atom stereocenters. The Kier molecular flexibility index (Phi) is 3.41. The van der Waals surface area contributed by atoms with Crippen molar-refractivity contribution in [3.8, 4) is 6.07 Å². The van der Waals surface area contributed by atoms with E-state index in [0.29, 0.717) is 18.3 Å². The number of nitriles is 1. The van der Waals surface area contributed by atoms with Gasteiger partial charge in [0.1, 0.15) is 0 Å². The van der Waals surface area contributed by atoms with Crippen molar-refractivity contribution in [3.05, 3.63) is 34.9 Å². The molecule has 126 valence electrons. The largest absolute Gasteiger partial charge is 0.388 e. The van der Waals surface area contributed by atoms with Crippen LogP contribution in [0.3, 0.4) is 0 Å². The summed E-state index contributed by atoms with van der Waals surface area (Å²) in [6.07, 6.45) is 10.9. The van der Waals surface area contributed by atoms with E-state index in [1.54, 1.807) is 0 Å².